The molecule has 24 heavy (non-hydrogen) atoms. The first-order valence-electron chi connectivity index (χ1n) is 6.80. The molecule has 8 heteroatoms. The normalized spacial score (nSPS) is 10.7. The van der Waals surface area contributed by atoms with E-state index in [4.69, 9.17) is 32.7 Å². The number of halogens is 2. The highest BCUT2D eigenvalue weighted by Gasteiger charge is 2.14. The SMILES string of the molecule is COc1cc2nc(NC(=O)c3cc(Cl)cc(Cl)c3)sc2cc1OC. The summed E-state index contributed by atoms with van der Waals surface area (Å²) in [6.45, 7) is 0. The first kappa shape index (κ1) is 16.8. The average molecular weight is 383 g/mol. The lowest BCUT2D eigenvalue weighted by atomic mass is 10.2. The highest BCUT2D eigenvalue weighted by Crippen LogP contribution is 2.36. The van der Waals surface area contributed by atoms with Crippen LogP contribution in [0.2, 0.25) is 10.0 Å². The van der Waals surface area contributed by atoms with E-state index in [0.717, 1.165) is 4.70 Å². The predicted octanol–water partition coefficient (Wildman–Crippen LogP) is 4.87. The van der Waals surface area contributed by atoms with Crippen molar-refractivity contribution >= 4 is 55.8 Å². The number of carbonyl (C=O) groups excluding carboxylic acids is 1. The van der Waals surface area contributed by atoms with Gasteiger partial charge in [-0.2, -0.15) is 0 Å². The Kier molecular flexibility index (Phi) is 4.80. The minimum absolute atomic E-state index is 0.336. The van der Waals surface area contributed by atoms with Crippen molar-refractivity contribution in [1.29, 1.82) is 0 Å². The lowest BCUT2D eigenvalue weighted by molar-refractivity contribution is 0.102. The van der Waals surface area contributed by atoms with E-state index in [0.29, 0.717) is 37.8 Å². The zero-order valence-corrected chi connectivity index (χ0v) is 15.1. The number of anilines is 1. The lowest BCUT2D eigenvalue weighted by Crippen LogP contribution is -2.11. The number of thiazole rings is 1. The third-order valence-corrected chi connectivity index (χ3v) is 4.61. The molecule has 3 rings (SSSR count). The molecule has 0 atom stereocenters. The van der Waals surface area contributed by atoms with Crippen molar-refractivity contribution in [1.82, 2.24) is 4.98 Å². The van der Waals surface area contributed by atoms with E-state index >= 15 is 0 Å². The second-order valence-electron chi connectivity index (χ2n) is 4.81. The smallest absolute Gasteiger partial charge is 0.257 e. The molecule has 0 aliphatic rings. The molecule has 0 bridgehead atoms. The number of nitrogens with zero attached hydrogens (tertiary/aromatic N) is 1. The van der Waals surface area contributed by atoms with E-state index in [2.05, 4.69) is 10.3 Å². The van der Waals surface area contributed by atoms with Crippen molar-refractivity contribution in [3.05, 3.63) is 45.9 Å². The van der Waals surface area contributed by atoms with E-state index < -0.39 is 0 Å². The van der Waals surface area contributed by atoms with E-state index in [1.54, 1.807) is 38.5 Å². The van der Waals surface area contributed by atoms with Crippen LogP contribution >= 0.6 is 34.5 Å². The van der Waals surface area contributed by atoms with Gasteiger partial charge in [-0.25, -0.2) is 4.98 Å². The highest BCUT2D eigenvalue weighted by molar-refractivity contribution is 7.22. The number of amides is 1. The minimum atomic E-state index is -0.336. The number of carbonyl (C=O) groups is 1. The van der Waals surface area contributed by atoms with Crippen LogP contribution in [-0.4, -0.2) is 25.1 Å². The zero-order valence-electron chi connectivity index (χ0n) is 12.7. The molecule has 0 saturated carbocycles. The topological polar surface area (TPSA) is 60.5 Å². The number of nitrogens with one attached hydrogen (secondary N) is 1. The Balaban J connectivity index is 1.91. The van der Waals surface area contributed by atoms with Gasteiger partial charge in [0.15, 0.2) is 16.6 Å². The lowest BCUT2D eigenvalue weighted by Gasteiger charge is -2.05. The van der Waals surface area contributed by atoms with Crippen molar-refractivity contribution in [2.75, 3.05) is 19.5 Å². The summed E-state index contributed by atoms with van der Waals surface area (Å²) in [6.07, 6.45) is 0. The second-order valence-corrected chi connectivity index (χ2v) is 6.71. The molecule has 0 saturated heterocycles. The van der Waals surface area contributed by atoms with Crippen LogP contribution in [0.3, 0.4) is 0 Å². The summed E-state index contributed by atoms with van der Waals surface area (Å²) in [5.41, 5.74) is 1.07. The van der Waals surface area contributed by atoms with Crippen molar-refractivity contribution in [3.8, 4) is 11.5 Å². The third-order valence-electron chi connectivity index (χ3n) is 3.24. The van der Waals surface area contributed by atoms with Crippen LogP contribution in [-0.2, 0) is 0 Å². The second kappa shape index (κ2) is 6.84. The molecule has 5 nitrogen and oxygen atoms in total. The van der Waals surface area contributed by atoms with Gasteiger partial charge in [0.05, 0.1) is 24.4 Å². The Hall–Kier alpha value is -2.02. The minimum Gasteiger partial charge on any atom is -0.493 e. The van der Waals surface area contributed by atoms with Crippen LogP contribution in [0.1, 0.15) is 10.4 Å². The van der Waals surface area contributed by atoms with Crippen LogP contribution in [0.25, 0.3) is 10.2 Å². The summed E-state index contributed by atoms with van der Waals surface area (Å²) in [5.74, 6) is 0.848. The number of benzene rings is 2. The van der Waals surface area contributed by atoms with Gasteiger partial charge in [0.2, 0.25) is 0 Å². The van der Waals surface area contributed by atoms with Gasteiger partial charge in [0, 0.05) is 27.7 Å². The monoisotopic (exact) mass is 382 g/mol. The summed E-state index contributed by atoms with van der Waals surface area (Å²) in [6, 6.07) is 8.23. The van der Waals surface area contributed by atoms with E-state index in [1.807, 2.05) is 6.07 Å². The van der Waals surface area contributed by atoms with Gasteiger partial charge in [-0.05, 0) is 18.2 Å². The van der Waals surface area contributed by atoms with E-state index in [9.17, 15) is 4.79 Å². The maximum absolute atomic E-state index is 12.3. The van der Waals surface area contributed by atoms with Gasteiger partial charge in [-0.1, -0.05) is 34.5 Å². The van der Waals surface area contributed by atoms with Crippen LogP contribution in [0.15, 0.2) is 30.3 Å². The highest BCUT2D eigenvalue weighted by atomic mass is 35.5. The summed E-state index contributed by atoms with van der Waals surface area (Å²) >= 11 is 13.2. The van der Waals surface area contributed by atoms with Gasteiger partial charge >= 0.3 is 0 Å². The van der Waals surface area contributed by atoms with Gasteiger partial charge < -0.3 is 9.47 Å². The Morgan fingerprint density at radius 3 is 2.29 bits per heavy atom. The summed E-state index contributed by atoms with van der Waals surface area (Å²) in [7, 11) is 3.12. The molecular weight excluding hydrogens is 371 g/mol. The first-order chi connectivity index (χ1) is 11.5. The van der Waals surface area contributed by atoms with Crippen molar-refractivity contribution < 1.29 is 14.3 Å². The van der Waals surface area contributed by atoms with E-state index in [-0.39, 0.29) is 5.91 Å². The molecule has 0 radical (unpaired) electrons. The standard InChI is InChI=1S/C16H12Cl2N2O3S/c1-22-12-6-11-14(7-13(12)23-2)24-16(19-11)20-15(21)8-3-9(17)5-10(18)4-8/h3-7H,1-2H3,(H,19,20,21). The Labute approximate surface area is 152 Å². The Morgan fingerprint density at radius 1 is 1.04 bits per heavy atom. The molecule has 0 spiro atoms. The molecule has 124 valence electrons. The third kappa shape index (κ3) is 3.40. The van der Waals surface area contributed by atoms with Crippen LogP contribution in [0, 0.1) is 0 Å². The van der Waals surface area contributed by atoms with Crippen molar-refractivity contribution in [3.63, 3.8) is 0 Å². The molecule has 1 aromatic heterocycles. The van der Waals surface area contributed by atoms with Gasteiger partial charge in [-0.15, -0.1) is 0 Å². The molecule has 2 aromatic carbocycles. The molecular formula is C16H12Cl2N2O3S. The number of hydrogen-bond acceptors (Lipinski definition) is 5. The first-order valence-corrected chi connectivity index (χ1v) is 8.37. The molecule has 3 aromatic rings. The zero-order chi connectivity index (χ0) is 17.3. The van der Waals surface area contributed by atoms with Gasteiger partial charge in [0.1, 0.15) is 0 Å². The molecule has 0 aliphatic heterocycles. The summed E-state index contributed by atoms with van der Waals surface area (Å²) in [5, 5.41) is 4.00. The average Bonchev–Trinajstić information content (AvgIpc) is 2.93. The Bertz CT molecular complexity index is 866. The fourth-order valence-electron chi connectivity index (χ4n) is 2.16. The van der Waals surface area contributed by atoms with Gasteiger partial charge in [0.25, 0.3) is 5.91 Å². The molecule has 0 fully saturated rings. The number of methoxy groups -OCH3 is 2. The summed E-state index contributed by atoms with van der Waals surface area (Å²) in [4.78, 5) is 16.7. The molecule has 0 aliphatic carbocycles. The van der Waals surface area contributed by atoms with Gasteiger partial charge in [-0.3, -0.25) is 10.1 Å². The number of rotatable bonds is 4. The number of hydrogen-bond donors (Lipinski definition) is 1. The Morgan fingerprint density at radius 2 is 1.67 bits per heavy atom. The number of fused-ring (bicyclic) bond motifs is 1. The molecule has 0 unspecified atom stereocenters. The molecule has 1 N–H and O–H groups in total. The molecule has 1 amide bonds. The molecule has 1 heterocycles. The maximum atomic E-state index is 12.3. The van der Waals surface area contributed by atoms with Crippen LogP contribution < -0.4 is 14.8 Å². The van der Waals surface area contributed by atoms with E-state index in [1.165, 1.54) is 11.3 Å². The van der Waals surface area contributed by atoms with Crippen molar-refractivity contribution in [2.45, 2.75) is 0 Å². The number of aromatic nitrogens is 1. The largest absolute Gasteiger partial charge is 0.493 e. The maximum Gasteiger partial charge on any atom is 0.257 e. The quantitative estimate of drug-likeness (QED) is 0.698. The predicted molar refractivity (Wildman–Crippen MR) is 97.1 cm³/mol. The number of ether oxygens (including phenoxy) is 2. The fraction of sp³-hybridized carbons (Fsp3) is 0.125. The fourth-order valence-corrected chi connectivity index (χ4v) is 3.56. The summed E-state index contributed by atoms with van der Waals surface area (Å²) < 4.78 is 11.4. The van der Waals surface area contributed by atoms with Crippen molar-refractivity contribution in [2.24, 2.45) is 0 Å². The van der Waals surface area contributed by atoms with Crippen LogP contribution in [0.5, 0.6) is 11.5 Å². The van der Waals surface area contributed by atoms with Crippen LogP contribution in [0.4, 0.5) is 5.13 Å².